The lowest BCUT2D eigenvalue weighted by molar-refractivity contribution is 0.0882. The van der Waals surface area contributed by atoms with Crippen LogP contribution in [0.5, 0.6) is 5.75 Å². The molecule has 4 heteroatoms. The Morgan fingerprint density at radius 2 is 1.88 bits per heavy atom. The quantitative estimate of drug-likeness (QED) is 0.699. The molecule has 0 fully saturated rings. The highest BCUT2D eigenvalue weighted by Crippen LogP contribution is 2.26. The van der Waals surface area contributed by atoms with Crippen molar-refractivity contribution in [1.82, 2.24) is 4.98 Å². The van der Waals surface area contributed by atoms with Crippen LogP contribution in [0.25, 0.3) is 10.9 Å². The SMILES string of the molecule is CCOc1ccc(C(=O)CC(O)c2ccnc3ccccc23)cc1. The first-order valence-corrected chi connectivity index (χ1v) is 7.97. The van der Waals surface area contributed by atoms with Crippen LogP contribution in [-0.2, 0) is 0 Å². The van der Waals surface area contributed by atoms with Crippen LogP contribution in [0.4, 0.5) is 0 Å². The molecule has 1 N–H and O–H groups in total. The van der Waals surface area contributed by atoms with Crippen LogP contribution < -0.4 is 4.74 Å². The molecular weight excluding hydrogens is 302 g/mol. The minimum atomic E-state index is -0.864. The van der Waals surface area contributed by atoms with E-state index in [4.69, 9.17) is 4.74 Å². The van der Waals surface area contributed by atoms with Gasteiger partial charge in [0.2, 0.25) is 0 Å². The van der Waals surface area contributed by atoms with Crippen molar-refractivity contribution in [3.8, 4) is 5.75 Å². The number of hydrogen-bond acceptors (Lipinski definition) is 4. The summed E-state index contributed by atoms with van der Waals surface area (Å²) < 4.78 is 5.37. The monoisotopic (exact) mass is 321 g/mol. The second-order valence-corrected chi connectivity index (χ2v) is 5.52. The zero-order valence-corrected chi connectivity index (χ0v) is 13.5. The van der Waals surface area contributed by atoms with Crippen molar-refractivity contribution in [3.63, 3.8) is 0 Å². The van der Waals surface area contributed by atoms with Gasteiger partial charge in [0.25, 0.3) is 0 Å². The number of benzene rings is 2. The zero-order chi connectivity index (χ0) is 16.9. The van der Waals surface area contributed by atoms with Gasteiger partial charge in [0.1, 0.15) is 5.75 Å². The number of para-hydroxylation sites is 1. The summed E-state index contributed by atoms with van der Waals surface area (Å²) in [5, 5.41) is 11.4. The third-order valence-corrected chi connectivity index (χ3v) is 3.91. The highest BCUT2D eigenvalue weighted by molar-refractivity contribution is 5.97. The van der Waals surface area contributed by atoms with Crippen molar-refractivity contribution in [3.05, 3.63) is 71.9 Å². The molecule has 1 aromatic heterocycles. The van der Waals surface area contributed by atoms with Crippen LogP contribution in [0.15, 0.2) is 60.8 Å². The number of ether oxygens (including phenoxy) is 1. The maximum absolute atomic E-state index is 12.4. The molecule has 0 bridgehead atoms. The van der Waals surface area contributed by atoms with Crippen molar-refractivity contribution in [2.24, 2.45) is 0 Å². The van der Waals surface area contributed by atoms with E-state index in [-0.39, 0.29) is 12.2 Å². The summed E-state index contributed by atoms with van der Waals surface area (Å²) in [4.78, 5) is 16.7. The van der Waals surface area contributed by atoms with Crippen LogP contribution in [0.3, 0.4) is 0 Å². The number of nitrogens with zero attached hydrogens (tertiary/aromatic N) is 1. The Hall–Kier alpha value is -2.72. The number of hydrogen-bond donors (Lipinski definition) is 1. The molecule has 1 unspecified atom stereocenters. The minimum absolute atomic E-state index is 0.0298. The molecule has 24 heavy (non-hydrogen) atoms. The second kappa shape index (κ2) is 7.23. The van der Waals surface area contributed by atoms with Gasteiger partial charge in [0.05, 0.1) is 18.2 Å². The fourth-order valence-electron chi connectivity index (χ4n) is 2.72. The van der Waals surface area contributed by atoms with E-state index in [2.05, 4.69) is 4.98 Å². The fourth-order valence-corrected chi connectivity index (χ4v) is 2.72. The number of aliphatic hydroxyl groups is 1. The van der Waals surface area contributed by atoms with Gasteiger partial charge in [-0.2, -0.15) is 0 Å². The maximum Gasteiger partial charge on any atom is 0.165 e. The summed E-state index contributed by atoms with van der Waals surface area (Å²) in [6.07, 6.45) is 0.821. The molecule has 1 heterocycles. The maximum atomic E-state index is 12.4. The molecule has 3 rings (SSSR count). The van der Waals surface area contributed by atoms with Gasteiger partial charge in [-0.1, -0.05) is 18.2 Å². The van der Waals surface area contributed by atoms with Gasteiger partial charge in [-0.25, -0.2) is 0 Å². The molecule has 3 aromatic rings. The Morgan fingerprint density at radius 3 is 2.62 bits per heavy atom. The average Bonchev–Trinajstić information content (AvgIpc) is 2.62. The first-order chi connectivity index (χ1) is 11.7. The highest BCUT2D eigenvalue weighted by Gasteiger charge is 2.17. The van der Waals surface area contributed by atoms with Crippen molar-refractivity contribution < 1.29 is 14.6 Å². The lowest BCUT2D eigenvalue weighted by Gasteiger charge is -2.13. The van der Waals surface area contributed by atoms with Crippen molar-refractivity contribution >= 4 is 16.7 Å². The molecule has 0 spiro atoms. The Morgan fingerprint density at radius 1 is 1.12 bits per heavy atom. The summed E-state index contributed by atoms with van der Waals surface area (Å²) in [5.74, 6) is 0.626. The molecule has 0 aliphatic heterocycles. The number of carbonyl (C=O) groups excluding carboxylic acids is 1. The topological polar surface area (TPSA) is 59.4 Å². The largest absolute Gasteiger partial charge is 0.494 e. The van der Waals surface area contributed by atoms with Crippen LogP contribution in [-0.4, -0.2) is 22.5 Å². The van der Waals surface area contributed by atoms with Crippen LogP contribution >= 0.6 is 0 Å². The molecule has 4 nitrogen and oxygen atoms in total. The van der Waals surface area contributed by atoms with Gasteiger partial charge in [-0.15, -0.1) is 0 Å². The summed E-state index contributed by atoms with van der Waals surface area (Å²) in [5.41, 5.74) is 2.10. The number of aliphatic hydroxyl groups excluding tert-OH is 1. The van der Waals surface area contributed by atoms with Crippen LogP contribution in [0.1, 0.15) is 35.4 Å². The Kier molecular flexibility index (Phi) is 4.87. The van der Waals surface area contributed by atoms with Crippen LogP contribution in [0, 0.1) is 0 Å². The van der Waals surface area contributed by atoms with E-state index in [0.717, 1.165) is 22.2 Å². The third-order valence-electron chi connectivity index (χ3n) is 3.91. The number of aromatic nitrogens is 1. The Balaban J connectivity index is 1.78. The van der Waals surface area contributed by atoms with Gasteiger partial charge in [0, 0.05) is 23.6 Å². The van der Waals surface area contributed by atoms with E-state index >= 15 is 0 Å². The van der Waals surface area contributed by atoms with E-state index in [0.29, 0.717) is 12.2 Å². The van der Waals surface area contributed by atoms with E-state index < -0.39 is 6.10 Å². The number of rotatable bonds is 6. The van der Waals surface area contributed by atoms with Gasteiger partial charge in [0.15, 0.2) is 5.78 Å². The first-order valence-electron chi connectivity index (χ1n) is 7.97. The normalized spacial score (nSPS) is 12.1. The molecule has 122 valence electrons. The standard InChI is InChI=1S/C20H19NO3/c1-2-24-15-9-7-14(8-10-15)19(22)13-20(23)17-11-12-21-18-6-4-3-5-16(17)18/h3-12,20,23H,2,13H2,1H3. The average molecular weight is 321 g/mol. The Labute approximate surface area is 140 Å². The molecule has 0 radical (unpaired) electrons. The number of ketones is 1. The molecule has 0 saturated carbocycles. The van der Waals surface area contributed by atoms with Crippen molar-refractivity contribution in [2.75, 3.05) is 6.61 Å². The lowest BCUT2D eigenvalue weighted by atomic mass is 9.97. The Bertz CT molecular complexity index is 838. The minimum Gasteiger partial charge on any atom is -0.494 e. The number of fused-ring (bicyclic) bond motifs is 1. The summed E-state index contributed by atoms with van der Waals surface area (Å²) in [7, 11) is 0. The summed E-state index contributed by atoms with van der Waals surface area (Å²) in [6.45, 7) is 2.50. The molecule has 1 atom stereocenters. The van der Waals surface area contributed by atoms with Gasteiger partial charge >= 0.3 is 0 Å². The van der Waals surface area contributed by atoms with E-state index in [1.807, 2.05) is 31.2 Å². The molecule has 0 aliphatic rings. The fraction of sp³-hybridized carbons (Fsp3) is 0.200. The van der Waals surface area contributed by atoms with Crippen molar-refractivity contribution in [1.29, 1.82) is 0 Å². The van der Waals surface area contributed by atoms with E-state index in [9.17, 15) is 9.90 Å². The van der Waals surface area contributed by atoms with Gasteiger partial charge < -0.3 is 9.84 Å². The van der Waals surface area contributed by atoms with Crippen LogP contribution in [0.2, 0.25) is 0 Å². The number of pyridine rings is 1. The molecule has 0 saturated heterocycles. The molecule has 0 aliphatic carbocycles. The molecular formula is C20H19NO3. The smallest absolute Gasteiger partial charge is 0.165 e. The number of carbonyl (C=O) groups is 1. The summed E-state index contributed by atoms with van der Waals surface area (Å²) in [6, 6.07) is 16.3. The molecule has 0 amide bonds. The highest BCUT2D eigenvalue weighted by atomic mass is 16.5. The zero-order valence-electron chi connectivity index (χ0n) is 13.5. The third kappa shape index (κ3) is 3.44. The first kappa shape index (κ1) is 16.1. The molecule has 2 aromatic carbocycles. The second-order valence-electron chi connectivity index (χ2n) is 5.52. The predicted octanol–water partition coefficient (Wildman–Crippen LogP) is 3.94. The summed E-state index contributed by atoms with van der Waals surface area (Å²) >= 11 is 0. The van der Waals surface area contributed by atoms with E-state index in [1.165, 1.54) is 0 Å². The number of Topliss-reactive ketones (excluding diaryl/α,β-unsaturated/α-hetero) is 1. The van der Waals surface area contributed by atoms with Crippen molar-refractivity contribution in [2.45, 2.75) is 19.4 Å². The predicted molar refractivity (Wildman–Crippen MR) is 93.3 cm³/mol. The van der Waals surface area contributed by atoms with Gasteiger partial charge in [-0.05, 0) is 48.9 Å². The van der Waals surface area contributed by atoms with Gasteiger partial charge in [-0.3, -0.25) is 9.78 Å². The van der Waals surface area contributed by atoms with E-state index in [1.54, 1.807) is 36.5 Å². The lowest BCUT2D eigenvalue weighted by Crippen LogP contribution is -2.08.